The lowest BCUT2D eigenvalue weighted by molar-refractivity contribution is 0.00578. The Bertz CT molecular complexity index is 396. The highest BCUT2D eigenvalue weighted by Crippen LogP contribution is 2.36. The lowest BCUT2D eigenvalue weighted by Crippen LogP contribution is -2.41. The third-order valence-corrected chi connectivity index (χ3v) is 3.65. The Morgan fingerprint density at radius 1 is 1.18 bits per heavy atom. The van der Waals surface area contributed by atoms with Gasteiger partial charge in [-0.1, -0.05) is 0 Å². The summed E-state index contributed by atoms with van der Waals surface area (Å²) in [6.45, 7) is 12.4. The third-order valence-electron chi connectivity index (χ3n) is 3.65. The van der Waals surface area contributed by atoms with Crippen LogP contribution in [0.3, 0.4) is 0 Å². The first-order chi connectivity index (χ1) is 7.73. The average Bonchev–Trinajstić information content (AvgIpc) is 2.70. The van der Waals surface area contributed by atoms with Crippen LogP contribution < -0.4 is 5.59 Å². The van der Waals surface area contributed by atoms with Crippen molar-refractivity contribution in [3.63, 3.8) is 0 Å². The maximum absolute atomic E-state index is 5.95. The molecule has 94 valence electrons. The Hall–Kier alpha value is -0.805. The van der Waals surface area contributed by atoms with Crippen LogP contribution in [0.1, 0.15) is 47.6 Å². The van der Waals surface area contributed by atoms with E-state index in [2.05, 4.69) is 18.9 Å². The van der Waals surface area contributed by atoms with Crippen molar-refractivity contribution in [2.45, 2.75) is 58.8 Å². The van der Waals surface area contributed by atoms with Gasteiger partial charge in [0.2, 0.25) is 0 Å². The molecule has 2 heterocycles. The smallest absolute Gasteiger partial charge is 0.398 e. The second-order valence-electron chi connectivity index (χ2n) is 5.90. The van der Waals surface area contributed by atoms with E-state index in [-0.39, 0.29) is 18.3 Å². The predicted octanol–water partition coefficient (Wildman–Crippen LogP) is 1.76. The van der Waals surface area contributed by atoms with Gasteiger partial charge in [-0.25, -0.2) is 0 Å². The van der Waals surface area contributed by atoms with E-state index < -0.39 is 0 Å². The standard InChI is InChI=1S/C12H21BN2O2/c1-9(2)15-8-7-10(14-15)13-16-11(3,4)12(5,6)17-13/h7-9H,1-6H3. The molecule has 1 aromatic heterocycles. The van der Waals surface area contributed by atoms with Crippen LogP contribution in [-0.4, -0.2) is 28.1 Å². The van der Waals surface area contributed by atoms with E-state index in [4.69, 9.17) is 9.31 Å². The highest BCUT2D eigenvalue weighted by atomic mass is 16.7. The molecular formula is C12H21BN2O2. The minimum absolute atomic E-state index is 0.306. The van der Waals surface area contributed by atoms with Crippen LogP contribution in [-0.2, 0) is 9.31 Å². The molecule has 1 saturated heterocycles. The van der Waals surface area contributed by atoms with E-state index in [0.717, 1.165) is 5.59 Å². The number of rotatable bonds is 2. The van der Waals surface area contributed by atoms with E-state index in [1.807, 2.05) is 44.6 Å². The minimum Gasteiger partial charge on any atom is -0.398 e. The predicted molar refractivity (Wildman–Crippen MR) is 68.3 cm³/mol. The first-order valence-electron chi connectivity index (χ1n) is 6.14. The second-order valence-corrected chi connectivity index (χ2v) is 5.90. The van der Waals surface area contributed by atoms with Crippen molar-refractivity contribution in [3.05, 3.63) is 12.3 Å². The molecule has 1 aliphatic heterocycles. The van der Waals surface area contributed by atoms with Crippen LogP contribution in [0.2, 0.25) is 0 Å². The summed E-state index contributed by atoms with van der Waals surface area (Å²) in [5, 5.41) is 4.49. The van der Waals surface area contributed by atoms with Crippen LogP contribution in [0.25, 0.3) is 0 Å². The van der Waals surface area contributed by atoms with Gasteiger partial charge in [-0.2, -0.15) is 5.10 Å². The normalized spacial score (nSPS) is 22.4. The fraction of sp³-hybridized carbons (Fsp3) is 0.750. The fourth-order valence-corrected chi connectivity index (χ4v) is 1.73. The molecule has 0 aliphatic carbocycles. The molecule has 0 spiro atoms. The molecule has 0 bridgehead atoms. The Balaban J connectivity index is 2.20. The summed E-state index contributed by atoms with van der Waals surface area (Å²) in [7, 11) is -0.361. The van der Waals surface area contributed by atoms with Gasteiger partial charge in [0, 0.05) is 12.2 Å². The van der Waals surface area contributed by atoms with Crippen LogP contribution in [0.15, 0.2) is 12.3 Å². The Morgan fingerprint density at radius 2 is 1.71 bits per heavy atom. The number of hydrogen-bond acceptors (Lipinski definition) is 3. The summed E-state index contributed by atoms with van der Waals surface area (Å²) in [5.74, 6) is 0. The largest absolute Gasteiger partial charge is 0.516 e. The van der Waals surface area contributed by atoms with Gasteiger partial charge in [-0.05, 0) is 47.6 Å². The van der Waals surface area contributed by atoms with Crippen molar-refractivity contribution < 1.29 is 9.31 Å². The maximum Gasteiger partial charge on any atom is 0.516 e. The lowest BCUT2D eigenvalue weighted by atomic mass is 9.85. The van der Waals surface area contributed by atoms with Crippen LogP contribution in [0, 0.1) is 0 Å². The van der Waals surface area contributed by atoms with Gasteiger partial charge < -0.3 is 9.31 Å². The van der Waals surface area contributed by atoms with Crippen molar-refractivity contribution in [1.29, 1.82) is 0 Å². The van der Waals surface area contributed by atoms with E-state index in [9.17, 15) is 0 Å². The zero-order chi connectivity index (χ0) is 12.8. The Morgan fingerprint density at radius 3 is 2.12 bits per heavy atom. The highest BCUT2D eigenvalue weighted by Gasteiger charge is 2.52. The van der Waals surface area contributed by atoms with E-state index in [1.54, 1.807) is 0 Å². The molecule has 1 aliphatic rings. The van der Waals surface area contributed by atoms with Crippen LogP contribution >= 0.6 is 0 Å². The first-order valence-corrected chi connectivity index (χ1v) is 6.14. The zero-order valence-electron chi connectivity index (χ0n) is 11.5. The molecule has 4 nitrogen and oxygen atoms in total. The first kappa shape index (κ1) is 12.6. The fourth-order valence-electron chi connectivity index (χ4n) is 1.73. The molecule has 5 heteroatoms. The van der Waals surface area contributed by atoms with Gasteiger partial charge in [-0.3, -0.25) is 4.68 Å². The van der Waals surface area contributed by atoms with Gasteiger partial charge in [0.05, 0.1) is 16.8 Å². The monoisotopic (exact) mass is 236 g/mol. The molecule has 1 fully saturated rings. The Kier molecular flexibility index (Phi) is 2.87. The number of nitrogens with zero attached hydrogens (tertiary/aromatic N) is 2. The summed E-state index contributed by atoms with van der Waals surface area (Å²) >= 11 is 0. The van der Waals surface area contributed by atoms with E-state index in [1.165, 1.54) is 0 Å². The van der Waals surface area contributed by atoms with Crippen LogP contribution in [0.5, 0.6) is 0 Å². The SMILES string of the molecule is CC(C)n1ccc(B2OC(C)(C)C(C)(C)O2)n1. The molecule has 0 amide bonds. The molecular weight excluding hydrogens is 215 g/mol. The third kappa shape index (κ3) is 2.14. The van der Waals surface area contributed by atoms with Crippen molar-refractivity contribution in [2.75, 3.05) is 0 Å². The maximum atomic E-state index is 5.95. The molecule has 2 rings (SSSR count). The van der Waals surface area contributed by atoms with Crippen molar-refractivity contribution >= 4 is 12.7 Å². The Labute approximate surface area is 103 Å². The number of aromatic nitrogens is 2. The quantitative estimate of drug-likeness (QED) is 0.734. The molecule has 0 radical (unpaired) electrons. The molecule has 0 aromatic carbocycles. The van der Waals surface area contributed by atoms with Crippen LogP contribution in [0.4, 0.5) is 0 Å². The van der Waals surface area contributed by atoms with E-state index in [0.29, 0.717) is 6.04 Å². The molecule has 0 unspecified atom stereocenters. The summed E-state index contributed by atoms with van der Waals surface area (Å²) in [6, 6.07) is 2.31. The summed E-state index contributed by atoms with van der Waals surface area (Å²) in [5.41, 5.74) is 0.232. The van der Waals surface area contributed by atoms with Gasteiger partial charge in [0.15, 0.2) is 0 Å². The second kappa shape index (κ2) is 3.85. The number of hydrogen-bond donors (Lipinski definition) is 0. The molecule has 0 atom stereocenters. The molecule has 0 N–H and O–H groups in total. The molecule has 1 aromatic rings. The van der Waals surface area contributed by atoms with Crippen molar-refractivity contribution in [3.8, 4) is 0 Å². The van der Waals surface area contributed by atoms with Crippen molar-refractivity contribution in [2.24, 2.45) is 0 Å². The topological polar surface area (TPSA) is 36.3 Å². The summed E-state index contributed by atoms with van der Waals surface area (Å²) < 4.78 is 13.8. The van der Waals surface area contributed by atoms with E-state index >= 15 is 0 Å². The van der Waals surface area contributed by atoms with Gasteiger partial charge in [0.25, 0.3) is 0 Å². The molecule has 0 saturated carbocycles. The van der Waals surface area contributed by atoms with Crippen molar-refractivity contribution in [1.82, 2.24) is 9.78 Å². The average molecular weight is 236 g/mol. The molecule has 17 heavy (non-hydrogen) atoms. The minimum atomic E-state index is -0.361. The van der Waals surface area contributed by atoms with Gasteiger partial charge in [0.1, 0.15) is 0 Å². The van der Waals surface area contributed by atoms with Gasteiger partial charge in [-0.15, -0.1) is 0 Å². The summed E-state index contributed by atoms with van der Waals surface area (Å²) in [4.78, 5) is 0. The summed E-state index contributed by atoms with van der Waals surface area (Å²) in [6.07, 6.45) is 1.96. The van der Waals surface area contributed by atoms with Gasteiger partial charge >= 0.3 is 7.12 Å². The highest BCUT2D eigenvalue weighted by molar-refractivity contribution is 6.61. The lowest BCUT2D eigenvalue weighted by Gasteiger charge is -2.32. The zero-order valence-corrected chi connectivity index (χ0v) is 11.5.